The molecule has 1 heteroatoms. The molecule has 3 aliphatic carbocycles. The molecule has 0 aromatic heterocycles. The minimum Gasteiger partial charge on any atom is -0.314 e. The van der Waals surface area contributed by atoms with Gasteiger partial charge in [0.25, 0.3) is 0 Å². The van der Waals surface area contributed by atoms with Crippen molar-refractivity contribution in [3.63, 3.8) is 0 Å². The first-order chi connectivity index (χ1) is 7.86. The molecule has 3 rings (SSSR count). The largest absolute Gasteiger partial charge is 0.314 e. The molecule has 0 spiro atoms. The van der Waals surface area contributed by atoms with Gasteiger partial charge in [-0.05, 0) is 62.3 Å². The molecular weight excluding hydrogens is 194 g/mol. The Balaban J connectivity index is 1.57. The molecule has 92 valence electrons. The van der Waals surface area contributed by atoms with E-state index in [0.717, 1.165) is 29.7 Å². The number of nitrogens with one attached hydrogen (secondary N) is 1. The summed E-state index contributed by atoms with van der Waals surface area (Å²) in [7, 11) is 0. The van der Waals surface area contributed by atoms with Crippen molar-refractivity contribution in [3.8, 4) is 0 Å². The highest BCUT2D eigenvalue weighted by molar-refractivity contribution is 4.96. The van der Waals surface area contributed by atoms with Gasteiger partial charge in [-0.15, -0.1) is 0 Å². The summed E-state index contributed by atoms with van der Waals surface area (Å²) in [5, 5.41) is 3.87. The van der Waals surface area contributed by atoms with E-state index >= 15 is 0 Å². The molecule has 1 nitrogen and oxygen atoms in total. The Kier molecular flexibility index (Phi) is 3.24. The second kappa shape index (κ2) is 4.68. The highest BCUT2D eigenvalue weighted by Crippen LogP contribution is 2.51. The average Bonchev–Trinajstić information content (AvgIpc) is 2.87. The molecule has 0 saturated heterocycles. The molecule has 0 heterocycles. The van der Waals surface area contributed by atoms with Crippen LogP contribution in [0.1, 0.15) is 58.3 Å². The van der Waals surface area contributed by atoms with Crippen LogP contribution in [-0.4, -0.2) is 12.6 Å². The minimum atomic E-state index is 0.878. The second-order valence-electron chi connectivity index (χ2n) is 6.58. The maximum Gasteiger partial charge on any atom is 0.0101 e. The molecular formula is C15H27N. The van der Waals surface area contributed by atoms with E-state index in [1.807, 2.05) is 0 Å². The molecule has 0 aromatic rings. The van der Waals surface area contributed by atoms with Gasteiger partial charge in [-0.3, -0.25) is 0 Å². The van der Waals surface area contributed by atoms with Crippen LogP contribution >= 0.6 is 0 Å². The van der Waals surface area contributed by atoms with Crippen LogP contribution in [-0.2, 0) is 0 Å². The van der Waals surface area contributed by atoms with Crippen LogP contribution < -0.4 is 5.32 Å². The molecule has 0 aliphatic heterocycles. The fourth-order valence-electron chi connectivity index (χ4n) is 4.24. The lowest BCUT2D eigenvalue weighted by Gasteiger charge is -2.31. The van der Waals surface area contributed by atoms with E-state index in [4.69, 9.17) is 0 Å². The Morgan fingerprint density at radius 2 is 2.00 bits per heavy atom. The molecule has 3 aliphatic rings. The number of fused-ring (bicyclic) bond motifs is 2. The molecule has 0 aromatic carbocycles. The predicted octanol–water partition coefficient (Wildman–Crippen LogP) is 3.59. The first-order valence-corrected chi connectivity index (χ1v) is 7.60. The summed E-state index contributed by atoms with van der Waals surface area (Å²) in [5.41, 5.74) is 0. The molecule has 1 N–H and O–H groups in total. The van der Waals surface area contributed by atoms with Crippen LogP contribution in [0.5, 0.6) is 0 Å². The zero-order valence-electron chi connectivity index (χ0n) is 10.8. The van der Waals surface area contributed by atoms with Gasteiger partial charge in [0.2, 0.25) is 0 Å². The van der Waals surface area contributed by atoms with Gasteiger partial charge < -0.3 is 5.32 Å². The first-order valence-electron chi connectivity index (χ1n) is 7.60. The van der Waals surface area contributed by atoms with E-state index in [9.17, 15) is 0 Å². The third-order valence-corrected chi connectivity index (χ3v) is 5.25. The van der Waals surface area contributed by atoms with Crippen LogP contribution in [0, 0.1) is 23.7 Å². The third kappa shape index (κ3) is 2.30. The van der Waals surface area contributed by atoms with Gasteiger partial charge in [0.05, 0.1) is 0 Å². The minimum absolute atomic E-state index is 0.878. The van der Waals surface area contributed by atoms with Gasteiger partial charge in [0, 0.05) is 6.04 Å². The molecule has 0 radical (unpaired) electrons. The standard InChI is InChI=1S/C15H27N/c1-2-7-16-15(10-11-3-4-11)14-9-12-5-6-13(14)8-12/h11-16H,2-10H2,1H3. The topological polar surface area (TPSA) is 12.0 Å². The van der Waals surface area contributed by atoms with Gasteiger partial charge in [-0.2, -0.15) is 0 Å². The maximum atomic E-state index is 3.87. The van der Waals surface area contributed by atoms with Gasteiger partial charge in [0.1, 0.15) is 0 Å². The fraction of sp³-hybridized carbons (Fsp3) is 1.00. The maximum absolute atomic E-state index is 3.87. The van der Waals surface area contributed by atoms with E-state index < -0.39 is 0 Å². The summed E-state index contributed by atoms with van der Waals surface area (Å²) in [4.78, 5) is 0. The van der Waals surface area contributed by atoms with E-state index in [1.54, 1.807) is 25.7 Å². The molecule has 4 unspecified atom stereocenters. The Hall–Kier alpha value is -0.0400. The van der Waals surface area contributed by atoms with Crippen molar-refractivity contribution in [1.82, 2.24) is 5.32 Å². The lowest BCUT2D eigenvalue weighted by atomic mass is 9.81. The van der Waals surface area contributed by atoms with Gasteiger partial charge in [0.15, 0.2) is 0 Å². The average molecular weight is 221 g/mol. The molecule has 16 heavy (non-hydrogen) atoms. The van der Waals surface area contributed by atoms with Crippen molar-refractivity contribution in [2.45, 2.75) is 64.3 Å². The highest BCUT2D eigenvalue weighted by Gasteiger charge is 2.43. The summed E-state index contributed by atoms with van der Waals surface area (Å²) >= 11 is 0. The van der Waals surface area contributed by atoms with Crippen molar-refractivity contribution in [2.24, 2.45) is 23.7 Å². The van der Waals surface area contributed by atoms with Gasteiger partial charge in [-0.25, -0.2) is 0 Å². The molecule has 4 atom stereocenters. The van der Waals surface area contributed by atoms with Crippen molar-refractivity contribution in [2.75, 3.05) is 6.54 Å². The lowest BCUT2D eigenvalue weighted by Crippen LogP contribution is -2.39. The van der Waals surface area contributed by atoms with Crippen molar-refractivity contribution < 1.29 is 0 Å². The summed E-state index contributed by atoms with van der Waals surface area (Å²) in [6, 6.07) is 0.878. The van der Waals surface area contributed by atoms with Gasteiger partial charge in [-0.1, -0.05) is 26.2 Å². The van der Waals surface area contributed by atoms with Crippen molar-refractivity contribution >= 4 is 0 Å². The van der Waals surface area contributed by atoms with Crippen LogP contribution in [0.15, 0.2) is 0 Å². The number of rotatable bonds is 6. The van der Waals surface area contributed by atoms with Crippen LogP contribution in [0.3, 0.4) is 0 Å². The van der Waals surface area contributed by atoms with E-state index in [-0.39, 0.29) is 0 Å². The number of hydrogen-bond donors (Lipinski definition) is 1. The monoisotopic (exact) mass is 221 g/mol. The third-order valence-electron chi connectivity index (χ3n) is 5.25. The van der Waals surface area contributed by atoms with E-state index in [1.165, 1.54) is 32.2 Å². The molecule has 0 amide bonds. The molecule has 3 fully saturated rings. The van der Waals surface area contributed by atoms with E-state index in [2.05, 4.69) is 12.2 Å². The zero-order valence-corrected chi connectivity index (χ0v) is 10.8. The molecule has 3 saturated carbocycles. The first kappa shape index (κ1) is 11.1. The normalized spacial score (nSPS) is 39.2. The van der Waals surface area contributed by atoms with Crippen LogP contribution in [0.2, 0.25) is 0 Å². The van der Waals surface area contributed by atoms with Crippen LogP contribution in [0.4, 0.5) is 0 Å². The quantitative estimate of drug-likeness (QED) is 0.723. The Bertz CT molecular complexity index is 234. The lowest BCUT2D eigenvalue weighted by molar-refractivity contribution is 0.232. The predicted molar refractivity (Wildman–Crippen MR) is 68.4 cm³/mol. The van der Waals surface area contributed by atoms with Crippen molar-refractivity contribution in [1.29, 1.82) is 0 Å². The Morgan fingerprint density at radius 3 is 2.56 bits per heavy atom. The zero-order chi connectivity index (χ0) is 11.0. The molecule has 2 bridgehead atoms. The smallest absolute Gasteiger partial charge is 0.0101 e. The summed E-state index contributed by atoms with van der Waals surface area (Å²) in [5.74, 6) is 4.35. The van der Waals surface area contributed by atoms with Crippen LogP contribution in [0.25, 0.3) is 0 Å². The summed E-state index contributed by atoms with van der Waals surface area (Å²) < 4.78 is 0. The summed E-state index contributed by atoms with van der Waals surface area (Å²) in [6.45, 7) is 3.53. The summed E-state index contributed by atoms with van der Waals surface area (Å²) in [6.07, 6.45) is 12.0. The SMILES string of the molecule is CCCNC(CC1CC1)C1CC2CCC1C2. The van der Waals surface area contributed by atoms with E-state index in [0.29, 0.717) is 0 Å². The van der Waals surface area contributed by atoms with Gasteiger partial charge >= 0.3 is 0 Å². The Labute approximate surface area is 100 Å². The second-order valence-corrected chi connectivity index (χ2v) is 6.58. The highest BCUT2D eigenvalue weighted by atomic mass is 14.9. The van der Waals surface area contributed by atoms with Crippen molar-refractivity contribution in [3.05, 3.63) is 0 Å². The Morgan fingerprint density at radius 1 is 1.12 bits per heavy atom. The fourth-order valence-corrected chi connectivity index (χ4v) is 4.24. The number of hydrogen-bond acceptors (Lipinski definition) is 1.